The van der Waals surface area contributed by atoms with Gasteiger partial charge >= 0.3 is 0 Å². The lowest BCUT2D eigenvalue weighted by Crippen LogP contribution is -2.30. The fourth-order valence-electron chi connectivity index (χ4n) is 2.94. The molecule has 2 rings (SSSR count). The first kappa shape index (κ1) is 21.1. The van der Waals surface area contributed by atoms with Crippen molar-refractivity contribution in [3.05, 3.63) is 46.8 Å². The number of sulfonamides is 1. The third kappa shape index (κ3) is 4.39. The minimum absolute atomic E-state index is 0.247. The number of carbonyl (C=O) groups excluding carboxylic acids is 1. The Kier molecular flexibility index (Phi) is 6.78. The SMILES string of the molecule is CCc1onc(C)c1C(=O)NC(C)c1ccc(S(=O)(=O)N(CC)CC)cc1. The van der Waals surface area contributed by atoms with Crippen LogP contribution in [0.3, 0.4) is 0 Å². The van der Waals surface area contributed by atoms with E-state index in [1.54, 1.807) is 31.2 Å². The van der Waals surface area contributed by atoms with Gasteiger partial charge in [0.2, 0.25) is 10.0 Å². The van der Waals surface area contributed by atoms with E-state index in [-0.39, 0.29) is 16.8 Å². The summed E-state index contributed by atoms with van der Waals surface area (Å²) in [7, 11) is -3.49. The first-order valence-corrected chi connectivity index (χ1v) is 10.6. The van der Waals surface area contributed by atoms with E-state index < -0.39 is 10.0 Å². The molecule has 1 aromatic heterocycles. The van der Waals surface area contributed by atoms with Gasteiger partial charge in [-0.2, -0.15) is 4.31 Å². The fourth-order valence-corrected chi connectivity index (χ4v) is 4.40. The Morgan fingerprint density at radius 2 is 1.78 bits per heavy atom. The van der Waals surface area contributed by atoms with Gasteiger partial charge in [-0.1, -0.05) is 38.1 Å². The van der Waals surface area contributed by atoms with E-state index in [1.165, 1.54) is 4.31 Å². The Labute approximate surface area is 160 Å². The molecule has 27 heavy (non-hydrogen) atoms. The lowest BCUT2D eigenvalue weighted by atomic mass is 10.1. The van der Waals surface area contributed by atoms with E-state index >= 15 is 0 Å². The largest absolute Gasteiger partial charge is 0.360 e. The quantitative estimate of drug-likeness (QED) is 0.744. The number of carbonyl (C=O) groups is 1. The van der Waals surface area contributed by atoms with Gasteiger partial charge in [0.25, 0.3) is 5.91 Å². The second kappa shape index (κ2) is 8.67. The van der Waals surface area contributed by atoms with E-state index in [2.05, 4.69) is 10.5 Å². The highest BCUT2D eigenvalue weighted by molar-refractivity contribution is 7.89. The van der Waals surface area contributed by atoms with Crippen LogP contribution in [0.4, 0.5) is 0 Å². The zero-order valence-corrected chi connectivity index (χ0v) is 17.3. The molecule has 0 saturated carbocycles. The standard InChI is InChI=1S/C19H27N3O4S/c1-6-17-18(14(5)21-26-17)19(23)20-13(4)15-9-11-16(12-10-15)27(24,25)22(7-2)8-3/h9-13H,6-8H2,1-5H3,(H,20,23). The summed E-state index contributed by atoms with van der Waals surface area (Å²) in [6.45, 7) is 9.94. The monoisotopic (exact) mass is 393 g/mol. The maximum atomic E-state index is 12.6. The van der Waals surface area contributed by atoms with Gasteiger partial charge < -0.3 is 9.84 Å². The van der Waals surface area contributed by atoms with E-state index in [4.69, 9.17) is 4.52 Å². The molecule has 1 heterocycles. The van der Waals surface area contributed by atoms with E-state index in [0.29, 0.717) is 36.5 Å². The first-order chi connectivity index (χ1) is 12.8. The molecule has 0 aliphatic heterocycles. The average Bonchev–Trinajstić information content (AvgIpc) is 3.03. The van der Waals surface area contributed by atoms with Crippen LogP contribution in [-0.2, 0) is 16.4 Å². The molecular formula is C19H27N3O4S. The Morgan fingerprint density at radius 3 is 2.30 bits per heavy atom. The van der Waals surface area contributed by atoms with Crippen LogP contribution in [0.25, 0.3) is 0 Å². The molecule has 1 atom stereocenters. The second-order valence-corrected chi connectivity index (χ2v) is 8.21. The van der Waals surface area contributed by atoms with Crippen LogP contribution in [0.15, 0.2) is 33.7 Å². The summed E-state index contributed by atoms with van der Waals surface area (Å²) < 4.78 is 31.7. The molecule has 0 radical (unpaired) electrons. The molecule has 1 N–H and O–H groups in total. The van der Waals surface area contributed by atoms with Gasteiger partial charge in [0.1, 0.15) is 11.3 Å². The van der Waals surface area contributed by atoms with Crippen molar-refractivity contribution in [2.24, 2.45) is 0 Å². The molecule has 0 saturated heterocycles. The molecule has 1 unspecified atom stereocenters. The number of aromatic nitrogens is 1. The van der Waals surface area contributed by atoms with Gasteiger partial charge in [-0.25, -0.2) is 8.42 Å². The van der Waals surface area contributed by atoms with Crippen molar-refractivity contribution in [3.63, 3.8) is 0 Å². The van der Waals surface area contributed by atoms with Crippen LogP contribution >= 0.6 is 0 Å². The molecule has 7 nitrogen and oxygen atoms in total. The third-order valence-electron chi connectivity index (χ3n) is 4.55. The van der Waals surface area contributed by atoms with Crippen LogP contribution in [0, 0.1) is 6.92 Å². The summed E-state index contributed by atoms with van der Waals surface area (Å²) in [5.41, 5.74) is 1.83. The molecule has 0 spiro atoms. The smallest absolute Gasteiger partial charge is 0.257 e. The average molecular weight is 394 g/mol. The summed E-state index contributed by atoms with van der Waals surface area (Å²) in [5.74, 6) is 0.302. The minimum Gasteiger partial charge on any atom is -0.360 e. The van der Waals surface area contributed by atoms with E-state index in [1.807, 2.05) is 27.7 Å². The van der Waals surface area contributed by atoms with Gasteiger partial charge in [0.15, 0.2) is 0 Å². The maximum absolute atomic E-state index is 12.6. The number of nitrogens with zero attached hydrogens (tertiary/aromatic N) is 2. The van der Waals surface area contributed by atoms with Crippen molar-refractivity contribution in [1.29, 1.82) is 0 Å². The number of rotatable bonds is 8. The Bertz CT molecular complexity index is 884. The van der Waals surface area contributed by atoms with Crippen LogP contribution in [0.5, 0.6) is 0 Å². The molecule has 0 fully saturated rings. The number of nitrogens with one attached hydrogen (secondary N) is 1. The third-order valence-corrected chi connectivity index (χ3v) is 6.62. The van der Waals surface area contributed by atoms with E-state index in [9.17, 15) is 13.2 Å². The predicted molar refractivity (Wildman–Crippen MR) is 103 cm³/mol. The fraction of sp³-hybridized carbons (Fsp3) is 0.474. The summed E-state index contributed by atoms with van der Waals surface area (Å²) in [4.78, 5) is 12.8. The van der Waals surface area contributed by atoms with Gasteiger partial charge in [0, 0.05) is 19.5 Å². The molecule has 1 aromatic carbocycles. The topological polar surface area (TPSA) is 92.5 Å². The van der Waals surface area contributed by atoms with Gasteiger partial charge in [-0.3, -0.25) is 4.79 Å². The minimum atomic E-state index is -3.49. The van der Waals surface area contributed by atoms with Crippen molar-refractivity contribution in [2.75, 3.05) is 13.1 Å². The van der Waals surface area contributed by atoms with Crippen molar-refractivity contribution in [3.8, 4) is 0 Å². The number of hydrogen-bond donors (Lipinski definition) is 1. The maximum Gasteiger partial charge on any atom is 0.257 e. The number of benzene rings is 1. The molecule has 1 amide bonds. The molecule has 0 aliphatic rings. The number of hydrogen-bond acceptors (Lipinski definition) is 5. The lowest BCUT2D eigenvalue weighted by molar-refractivity contribution is 0.0937. The van der Waals surface area contributed by atoms with Gasteiger partial charge in [-0.15, -0.1) is 0 Å². The van der Waals surface area contributed by atoms with Crippen LogP contribution < -0.4 is 5.32 Å². The van der Waals surface area contributed by atoms with Crippen LogP contribution in [0.1, 0.15) is 61.1 Å². The summed E-state index contributed by atoms with van der Waals surface area (Å²) in [6, 6.07) is 6.31. The zero-order valence-electron chi connectivity index (χ0n) is 16.4. The predicted octanol–water partition coefficient (Wildman–Crippen LogP) is 3.07. The second-order valence-electron chi connectivity index (χ2n) is 6.27. The summed E-state index contributed by atoms with van der Waals surface area (Å²) in [6.07, 6.45) is 0.579. The zero-order chi connectivity index (χ0) is 20.2. The molecular weight excluding hydrogens is 366 g/mol. The lowest BCUT2D eigenvalue weighted by Gasteiger charge is -2.19. The first-order valence-electron chi connectivity index (χ1n) is 9.12. The van der Waals surface area contributed by atoms with Crippen molar-refractivity contribution >= 4 is 15.9 Å². The number of amides is 1. The van der Waals surface area contributed by atoms with Gasteiger partial charge in [-0.05, 0) is 31.5 Å². The molecule has 148 valence electrons. The molecule has 8 heteroatoms. The number of aryl methyl sites for hydroxylation is 2. The summed E-state index contributed by atoms with van der Waals surface area (Å²) >= 11 is 0. The molecule has 0 bridgehead atoms. The highest BCUT2D eigenvalue weighted by Gasteiger charge is 2.23. The van der Waals surface area contributed by atoms with Crippen molar-refractivity contribution in [1.82, 2.24) is 14.8 Å². The van der Waals surface area contributed by atoms with Crippen molar-refractivity contribution < 1.29 is 17.7 Å². The van der Waals surface area contributed by atoms with Crippen molar-refractivity contribution in [2.45, 2.75) is 52.0 Å². The Balaban J connectivity index is 2.17. The van der Waals surface area contributed by atoms with Crippen LogP contribution in [0.2, 0.25) is 0 Å². The van der Waals surface area contributed by atoms with Gasteiger partial charge in [0.05, 0.1) is 16.6 Å². The molecule has 0 aliphatic carbocycles. The Hall–Kier alpha value is -2.19. The molecule has 2 aromatic rings. The normalized spacial score (nSPS) is 13.0. The highest BCUT2D eigenvalue weighted by Crippen LogP contribution is 2.21. The summed E-state index contributed by atoms with van der Waals surface area (Å²) in [5, 5.41) is 6.77. The highest BCUT2D eigenvalue weighted by atomic mass is 32.2. The van der Waals surface area contributed by atoms with E-state index in [0.717, 1.165) is 5.56 Å². The Morgan fingerprint density at radius 1 is 1.19 bits per heavy atom. The van der Waals surface area contributed by atoms with Crippen LogP contribution in [-0.4, -0.2) is 36.9 Å².